The lowest BCUT2D eigenvalue weighted by Gasteiger charge is -2.35. The minimum atomic E-state index is -2.71. The maximum atomic E-state index is 3.81. The van der Waals surface area contributed by atoms with E-state index in [0.717, 1.165) is 4.47 Å². The molecule has 0 N–H and O–H groups in total. The van der Waals surface area contributed by atoms with Gasteiger partial charge in [0.1, 0.15) is 0 Å². The fraction of sp³-hybridized carbons (Fsp3) is 0. The molecular weight excluding hydrogens is 540 g/mol. The second-order valence-electron chi connectivity index (χ2n) is 9.95. The van der Waals surface area contributed by atoms with Crippen molar-refractivity contribution >= 4 is 77.1 Å². The van der Waals surface area contributed by atoms with Crippen LogP contribution in [0.25, 0.3) is 32.3 Å². The highest BCUT2D eigenvalue weighted by Crippen LogP contribution is 2.21. The van der Waals surface area contributed by atoms with E-state index in [9.17, 15) is 0 Å². The summed E-state index contributed by atoms with van der Waals surface area (Å²) in [5.41, 5.74) is 0. The van der Waals surface area contributed by atoms with Crippen LogP contribution in [0.3, 0.4) is 0 Å². The van der Waals surface area contributed by atoms with Crippen molar-refractivity contribution < 1.29 is 0 Å². The lowest BCUT2D eigenvalue weighted by atomic mass is 10.1. The first-order chi connectivity index (χ1) is 18.7. The Morgan fingerprint density at radius 1 is 0.316 bits per heavy atom. The molecule has 0 radical (unpaired) electrons. The summed E-state index contributed by atoms with van der Waals surface area (Å²) in [6.07, 6.45) is 0. The molecule has 0 aliphatic rings. The molecule has 180 valence electrons. The number of fused-ring (bicyclic) bond motifs is 3. The molecule has 0 aliphatic heterocycles. The third kappa shape index (κ3) is 3.80. The van der Waals surface area contributed by atoms with Crippen molar-refractivity contribution in [3.63, 3.8) is 0 Å². The molecule has 0 heterocycles. The Morgan fingerprint density at radius 3 is 1.08 bits per heavy atom. The normalized spacial score (nSPS) is 11.8. The van der Waals surface area contributed by atoms with Gasteiger partial charge in [-0.3, -0.25) is 0 Å². The summed E-state index contributed by atoms with van der Waals surface area (Å²) >= 11 is 3.81. The summed E-state index contributed by atoms with van der Waals surface area (Å²) in [6.45, 7) is 0. The highest BCUT2D eigenvalue weighted by molar-refractivity contribution is 9.10. The van der Waals surface area contributed by atoms with Crippen LogP contribution >= 0.6 is 15.9 Å². The van der Waals surface area contributed by atoms with Crippen molar-refractivity contribution in [3.05, 3.63) is 156 Å². The minimum Gasteiger partial charge on any atom is -0.0618 e. The van der Waals surface area contributed by atoms with Crippen molar-refractivity contribution in [1.82, 2.24) is 0 Å². The van der Waals surface area contributed by atoms with Crippen LogP contribution in [-0.4, -0.2) is 8.07 Å². The summed E-state index contributed by atoms with van der Waals surface area (Å²) in [7, 11) is -2.71. The Labute approximate surface area is 232 Å². The van der Waals surface area contributed by atoms with Gasteiger partial charge in [-0.25, -0.2) is 0 Å². The van der Waals surface area contributed by atoms with Crippen molar-refractivity contribution in [2.24, 2.45) is 0 Å². The minimum absolute atomic E-state index is 1.11. The Bertz CT molecular complexity index is 1760. The molecule has 7 aromatic rings. The van der Waals surface area contributed by atoms with Crippen molar-refractivity contribution in [2.75, 3.05) is 0 Å². The van der Waals surface area contributed by atoms with Crippen LogP contribution in [0.2, 0.25) is 0 Å². The lowest BCUT2D eigenvalue weighted by Crippen LogP contribution is -2.74. The molecular formula is C36H25BrSi. The average molecular weight is 566 g/mol. The second kappa shape index (κ2) is 9.40. The molecule has 7 rings (SSSR count). The topological polar surface area (TPSA) is 0 Å². The maximum Gasteiger partial charge on any atom is 0.179 e. The highest BCUT2D eigenvalue weighted by atomic mass is 79.9. The zero-order valence-electron chi connectivity index (χ0n) is 20.8. The van der Waals surface area contributed by atoms with Crippen LogP contribution in [0.4, 0.5) is 0 Å². The molecule has 7 aromatic carbocycles. The van der Waals surface area contributed by atoms with Gasteiger partial charge in [-0.1, -0.05) is 155 Å². The van der Waals surface area contributed by atoms with E-state index in [-0.39, 0.29) is 0 Å². The fourth-order valence-electron chi connectivity index (χ4n) is 5.99. The number of hydrogen-bond acceptors (Lipinski definition) is 0. The molecule has 38 heavy (non-hydrogen) atoms. The summed E-state index contributed by atoms with van der Waals surface area (Å²) in [5, 5.41) is 13.2. The lowest BCUT2D eigenvalue weighted by molar-refractivity contribution is 1.66. The first kappa shape index (κ1) is 23.2. The molecule has 0 unspecified atom stereocenters. The molecule has 0 atom stereocenters. The Kier molecular flexibility index (Phi) is 5.73. The largest absolute Gasteiger partial charge is 0.179 e. The molecule has 0 aliphatic carbocycles. The summed E-state index contributed by atoms with van der Waals surface area (Å²) < 4.78 is 1.11. The van der Waals surface area contributed by atoms with Crippen LogP contribution in [0.5, 0.6) is 0 Å². The number of rotatable bonds is 4. The summed E-state index contributed by atoms with van der Waals surface area (Å²) in [5.74, 6) is 0. The van der Waals surface area contributed by atoms with E-state index in [1.54, 1.807) is 0 Å². The molecule has 0 bridgehead atoms. The van der Waals surface area contributed by atoms with E-state index in [2.05, 4.69) is 168 Å². The fourth-order valence-corrected chi connectivity index (χ4v) is 11.4. The SMILES string of the molecule is Brc1cccc([Si](c2ccc3ccccc3c2)(c2ccc3ccccc3c2)c2ccc3ccccc3c2)c1. The molecule has 0 aromatic heterocycles. The zero-order valence-corrected chi connectivity index (χ0v) is 23.4. The molecule has 0 spiro atoms. The first-order valence-corrected chi connectivity index (χ1v) is 15.7. The van der Waals surface area contributed by atoms with Gasteiger partial charge in [0.05, 0.1) is 0 Å². The average Bonchev–Trinajstić information content (AvgIpc) is 2.97. The molecule has 0 saturated carbocycles. The van der Waals surface area contributed by atoms with Crippen LogP contribution in [0.1, 0.15) is 0 Å². The van der Waals surface area contributed by atoms with Gasteiger partial charge in [0.25, 0.3) is 0 Å². The van der Waals surface area contributed by atoms with Crippen LogP contribution in [-0.2, 0) is 0 Å². The van der Waals surface area contributed by atoms with Gasteiger partial charge in [-0.2, -0.15) is 0 Å². The monoisotopic (exact) mass is 564 g/mol. The number of halogens is 1. The molecule has 0 amide bonds. The zero-order chi connectivity index (χ0) is 25.5. The predicted molar refractivity (Wildman–Crippen MR) is 170 cm³/mol. The van der Waals surface area contributed by atoms with E-state index < -0.39 is 8.07 Å². The van der Waals surface area contributed by atoms with Crippen LogP contribution in [0, 0.1) is 0 Å². The van der Waals surface area contributed by atoms with Crippen molar-refractivity contribution in [1.29, 1.82) is 0 Å². The second-order valence-corrected chi connectivity index (χ2v) is 14.7. The smallest absolute Gasteiger partial charge is 0.0618 e. The number of hydrogen-bond donors (Lipinski definition) is 0. The Balaban J connectivity index is 1.65. The third-order valence-electron chi connectivity index (χ3n) is 7.81. The highest BCUT2D eigenvalue weighted by Gasteiger charge is 2.42. The molecule has 2 heteroatoms. The van der Waals surface area contributed by atoms with Crippen LogP contribution < -0.4 is 20.7 Å². The van der Waals surface area contributed by atoms with Gasteiger partial charge >= 0.3 is 0 Å². The molecule has 0 nitrogen and oxygen atoms in total. The van der Waals surface area contributed by atoms with E-state index in [4.69, 9.17) is 0 Å². The number of benzene rings is 7. The molecule has 0 fully saturated rings. The van der Waals surface area contributed by atoms with E-state index in [0.29, 0.717) is 0 Å². The van der Waals surface area contributed by atoms with Gasteiger partial charge in [-0.05, 0) is 65.2 Å². The first-order valence-electron chi connectivity index (χ1n) is 13.0. The third-order valence-corrected chi connectivity index (χ3v) is 13.0. The molecule has 0 saturated heterocycles. The summed E-state index contributed by atoms with van der Waals surface area (Å²) in [6, 6.07) is 56.4. The maximum absolute atomic E-state index is 3.81. The van der Waals surface area contributed by atoms with Gasteiger partial charge in [0.15, 0.2) is 8.07 Å². The van der Waals surface area contributed by atoms with Crippen molar-refractivity contribution in [3.8, 4) is 0 Å². The van der Waals surface area contributed by atoms with Gasteiger partial charge in [-0.15, -0.1) is 0 Å². The van der Waals surface area contributed by atoms with E-state index in [1.165, 1.54) is 53.1 Å². The van der Waals surface area contributed by atoms with Gasteiger partial charge in [0, 0.05) is 4.47 Å². The Hall–Kier alpha value is -3.98. The Morgan fingerprint density at radius 2 is 0.684 bits per heavy atom. The van der Waals surface area contributed by atoms with Crippen molar-refractivity contribution in [2.45, 2.75) is 0 Å². The van der Waals surface area contributed by atoms with Crippen LogP contribution in [0.15, 0.2) is 156 Å². The van der Waals surface area contributed by atoms with E-state index >= 15 is 0 Å². The van der Waals surface area contributed by atoms with Gasteiger partial charge in [0.2, 0.25) is 0 Å². The summed E-state index contributed by atoms with van der Waals surface area (Å²) in [4.78, 5) is 0. The van der Waals surface area contributed by atoms with E-state index in [1.807, 2.05) is 0 Å². The quantitative estimate of drug-likeness (QED) is 0.155. The predicted octanol–water partition coefficient (Wildman–Crippen LogP) is 7.29. The standard InChI is InChI=1S/C36H25BrSi/c37-32-14-7-15-33(25-32)38(34-19-16-26-8-1-4-11-29(26)22-34,35-20-17-27-9-2-5-12-30(27)23-35)36-21-18-28-10-3-6-13-31(28)24-36/h1-25H. The van der Waals surface area contributed by atoms with Gasteiger partial charge < -0.3 is 0 Å².